The van der Waals surface area contributed by atoms with Gasteiger partial charge in [0.25, 0.3) is 0 Å². The molecule has 0 bridgehead atoms. The van der Waals surface area contributed by atoms with E-state index < -0.39 is 0 Å². The first-order valence-corrected chi connectivity index (χ1v) is 4.68. The third-order valence-corrected chi connectivity index (χ3v) is 1.33. The molecule has 17 heavy (non-hydrogen) atoms. The summed E-state index contributed by atoms with van der Waals surface area (Å²) in [4.78, 5) is 0. The number of hydrogen-bond donors (Lipinski definition) is 0. The van der Waals surface area contributed by atoms with Crippen LogP contribution in [0.4, 0.5) is 0 Å². The van der Waals surface area contributed by atoms with Crippen molar-refractivity contribution in [2.45, 2.75) is 6.42 Å². The summed E-state index contributed by atoms with van der Waals surface area (Å²) in [7, 11) is 1.66. The summed E-state index contributed by atoms with van der Waals surface area (Å²) in [6.07, 6.45) is 0.837. The summed E-state index contributed by atoms with van der Waals surface area (Å²) in [5, 5.41) is 0. The molecular formula is C12H18Cl2O2Sn. The van der Waals surface area contributed by atoms with Gasteiger partial charge in [0, 0.05) is 13.7 Å². The van der Waals surface area contributed by atoms with Crippen molar-refractivity contribution in [3.63, 3.8) is 0 Å². The molecule has 0 aliphatic rings. The normalized spacial score (nSPS) is 7.41. The van der Waals surface area contributed by atoms with Crippen LogP contribution in [0.2, 0.25) is 0 Å². The van der Waals surface area contributed by atoms with Gasteiger partial charge in [-0.3, -0.25) is 0 Å². The van der Waals surface area contributed by atoms with E-state index in [2.05, 4.69) is 13.0 Å². The van der Waals surface area contributed by atoms with E-state index in [0.29, 0.717) is 13.2 Å². The molecule has 1 aromatic carbocycles. The van der Waals surface area contributed by atoms with Crippen LogP contribution in [0.15, 0.2) is 30.3 Å². The van der Waals surface area contributed by atoms with E-state index in [1.54, 1.807) is 7.11 Å². The molecule has 4 radical (unpaired) electrons. The third kappa shape index (κ3) is 26.2. The van der Waals surface area contributed by atoms with Crippen molar-refractivity contribution in [3.05, 3.63) is 43.3 Å². The van der Waals surface area contributed by atoms with Crippen LogP contribution >= 0.6 is 0 Å². The zero-order valence-electron chi connectivity index (χ0n) is 9.99. The summed E-state index contributed by atoms with van der Waals surface area (Å²) in [6.45, 7) is 5.72. The van der Waals surface area contributed by atoms with Crippen molar-refractivity contribution in [1.29, 1.82) is 0 Å². The van der Waals surface area contributed by atoms with E-state index in [0.717, 1.165) is 13.0 Å². The maximum absolute atomic E-state index is 5.04. The predicted molar refractivity (Wildman–Crippen MR) is 63.7 cm³/mol. The van der Waals surface area contributed by atoms with Gasteiger partial charge in [-0.1, -0.05) is 37.3 Å². The van der Waals surface area contributed by atoms with E-state index in [1.165, 1.54) is 0 Å². The van der Waals surface area contributed by atoms with Crippen LogP contribution in [0.3, 0.4) is 0 Å². The average molecular weight is 384 g/mol. The van der Waals surface area contributed by atoms with Crippen LogP contribution in [0.1, 0.15) is 6.42 Å². The van der Waals surface area contributed by atoms with Gasteiger partial charge in [0.15, 0.2) is 0 Å². The smallest absolute Gasteiger partial charge is 1.00 e. The Labute approximate surface area is 134 Å². The van der Waals surface area contributed by atoms with Crippen LogP contribution in [-0.4, -0.2) is 50.8 Å². The number of hydrogen-bond acceptors (Lipinski definition) is 2. The van der Waals surface area contributed by atoms with Crippen LogP contribution < -0.4 is 24.8 Å². The zero-order chi connectivity index (χ0) is 10.5. The first-order chi connectivity index (χ1) is 6.91. The average Bonchev–Trinajstić information content (AvgIpc) is 2.28. The van der Waals surface area contributed by atoms with Crippen LogP contribution in [-0.2, 0) is 9.47 Å². The fourth-order valence-electron chi connectivity index (χ4n) is 0.688. The Kier molecular flexibility index (Phi) is 39.1. The summed E-state index contributed by atoms with van der Waals surface area (Å²) in [5.41, 5.74) is 0. The Balaban J connectivity index is -0.0000000860. The molecule has 0 heterocycles. The fourth-order valence-corrected chi connectivity index (χ4v) is 0.688. The van der Waals surface area contributed by atoms with Crippen LogP contribution in [0, 0.1) is 13.0 Å². The molecule has 0 N–H and O–H groups in total. The van der Waals surface area contributed by atoms with Crippen molar-refractivity contribution in [1.82, 2.24) is 0 Å². The maximum Gasteiger partial charge on any atom is 2.00 e. The quantitative estimate of drug-likeness (QED) is 0.381. The Morgan fingerprint density at radius 1 is 1.00 bits per heavy atom. The standard InChI is InChI=1S/C6H13O2.C6H5.2ClH.Sn/c1-3-4-8-6-5-7-2;1-2-4-6-5-3-1;;;/h1,3-6H2,2H3;1-5H;2*1H;/q;;;;+2/p-2. The first kappa shape index (κ1) is 26.2. The Morgan fingerprint density at radius 2 is 1.59 bits per heavy atom. The molecule has 0 aromatic heterocycles. The molecule has 0 amide bonds. The zero-order valence-corrected chi connectivity index (χ0v) is 14.4. The number of methoxy groups -OCH3 is 1. The molecule has 0 unspecified atom stereocenters. The summed E-state index contributed by atoms with van der Waals surface area (Å²) in [5.74, 6) is 0. The van der Waals surface area contributed by atoms with Gasteiger partial charge in [-0.25, -0.2) is 0 Å². The minimum atomic E-state index is 0. The van der Waals surface area contributed by atoms with Crippen molar-refractivity contribution in [2.75, 3.05) is 26.9 Å². The van der Waals surface area contributed by atoms with Crippen LogP contribution in [0.5, 0.6) is 0 Å². The molecule has 1 rings (SSSR count). The molecule has 5 heteroatoms. The number of benzene rings is 1. The minimum Gasteiger partial charge on any atom is -1.00 e. The largest absolute Gasteiger partial charge is 2.00 e. The second-order valence-corrected chi connectivity index (χ2v) is 2.54. The minimum absolute atomic E-state index is 0. The number of halogens is 2. The molecule has 96 valence electrons. The van der Waals surface area contributed by atoms with Gasteiger partial charge in [0.05, 0.1) is 13.2 Å². The van der Waals surface area contributed by atoms with Gasteiger partial charge in [0.2, 0.25) is 0 Å². The summed E-state index contributed by atoms with van der Waals surface area (Å²) < 4.78 is 9.78. The van der Waals surface area contributed by atoms with E-state index in [1.807, 2.05) is 30.3 Å². The van der Waals surface area contributed by atoms with Gasteiger partial charge in [-0.15, -0.1) is 0 Å². The molecule has 0 aliphatic carbocycles. The van der Waals surface area contributed by atoms with E-state index in [-0.39, 0.29) is 48.7 Å². The predicted octanol–water partition coefficient (Wildman–Crippen LogP) is -4.01. The Bertz CT molecular complexity index is 156. The third-order valence-electron chi connectivity index (χ3n) is 1.33. The monoisotopic (exact) mass is 384 g/mol. The summed E-state index contributed by atoms with van der Waals surface area (Å²) in [6, 6.07) is 12.5. The molecule has 1 aromatic rings. The second kappa shape index (κ2) is 25.4. The molecule has 0 fully saturated rings. The van der Waals surface area contributed by atoms with Gasteiger partial charge < -0.3 is 34.3 Å². The van der Waals surface area contributed by atoms with Gasteiger partial charge in [0.1, 0.15) is 0 Å². The van der Waals surface area contributed by atoms with Crippen molar-refractivity contribution < 1.29 is 34.3 Å². The number of rotatable bonds is 5. The molecule has 0 aliphatic heterocycles. The van der Waals surface area contributed by atoms with E-state index >= 15 is 0 Å². The van der Waals surface area contributed by atoms with Crippen molar-refractivity contribution in [2.24, 2.45) is 0 Å². The molecule has 0 saturated heterocycles. The van der Waals surface area contributed by atoms with Gasteiger partial charge in [-0.2, -0.15) is 0 Å². The van der Waals surface area contributed by atoms with E-state index in [4.69, 9.17) is 9.47 Å². The number of ether oxygens (including phenoxy) is 2. The second-order valence-electron chi connectivity index (χ2n) is 2.54. The Hall–Kier alpha value is 0.519. The van der Waals surface area contributed by atoms with Crippen molar-refractivity contribution in [3.8, 4) is 0 Å². The first-order valence-electron chi connectivity index (χ1n) is 4.68. The maximum atomic E-state index is 5.04. The van der Waals surface area contributed by atoms with Gasteiger partial charge >= 0.3 is 23.9 Å². The SMILES string of the molecule is [CH2]CCOCCOC.[Cl-].[Cl-].[Sn+2].[c]1ccccc1. The molecule has 0 saturated carbocycles. The Morgan fingerprint density at radius 3 is 1.88 bits per heavy atom. The topological polar surface area (TPSA) is 18.5 Å². The van der Waals surface area contributed by atoms with E-state index in [9.17, 15) is 0 Å². The molecular weight excluding hydrogens is 366 g/mol. The van der Waals surface area contributed by atoms with Gasteiger partial charge in [-0.05, 0) is 12.5 Å². The fraction of sp³-hybridized carbons (Fsp3) is 0.417. The molecule has 0 spiro atoms. The van der Waals surface area contributed by atoms with Crippen molar-refractivity contribution >= 4 is 23.9 Å². The molecule has 0 atom stereocenters. The van der Waals surface area contributed by atoms with Crippen LogP contribution in [0.25, 0.3) is 0 Å². The molecule has 2 nitrogen and oxygen atoms in total. The summed E-state index contributed by atoms with van der Waals surface area (Å²) >= 11 is 0.